The molecular formula is C21H25N5O4S2. The lowest BCUT2D eigenvalue weighted by Gasteiger charge is -2.35. The average molecular weight is 476 g/mol. The van der Waals surface area contributed by atoms with E-state index in [0.717, 1.165) is 30.8 Å². The molecule has 1 amide bonds. The number of nitriles is 1. The lowest BCUT2D eigenvalue weighted by atomic mass is 10.1. The Labute approximate surface area is 191 Å². The first kappa shape index (κ1) is 22.5. The Morgan fingerprint density at radius 2 is 1.97 bits per heavy atom. The van der Waals surface area contributed by atoms with Crippen LogP contribution in [0.5, 0.6) is 5.75 Å². The Kier molecular flexibility index (Phi) is 6.64. The van der Waals surface area contributed by atoms with Crippen molar-refractivity contribution in [2.75, 3.05) is 38.1 Å². The van der Waals surface area contributed by atoms with E-state index < -0.39 is 10.0 Å². The van der Waals surface area contributed by atoms with Crippen molar-refractivity contribution in [3.8, 4) is 11.8 Å². The van der Waals surface area contributed by atoms with E-state index in [4.69, 9.17) is 10.00 Å². The van der Waals surface area contributed by atoms with Crippen molar-refractivity contribution in [2.45, 2.75) is 36.7 Å². The molecule has 1 aliphatic heterocycles. The zero-order valence-electron chi connectivity index (χ0n) is 17.8. The van der Waals surface area contributed by atoms with Crippen LogP contribution < -0.4 is 14.4 Å². The van der Waals surface area contributed by atoms with Crippen molar-refractivity contribution in [3.05, 3.63) is 34.8 Å². The average Bonchev–Trinajstić information content (AvgIpc) is 3.51. The number of piperazine rings is 1. The molecule has 0 bridgehead atoms. The SMILES string of the molecule is CNS(=O)(=O)c1ccc(OC2CCCC2)c(C(=O)N2CCN(c3ncc(C#N)s3)CC2)c1. The Morgan fingerprint density at radius 1 is 1.25 bits per heavy atom. The minimum absolute atomic E-state index is 0.0348. The van der Waals surface area contributed by atoms with Gasteiger partial charge in [-0.15, -0.1) is 0 Å². The first-order chi connectivity index (χ1) is 15.4. The summed E-state index contributed by atoms with van der Waals surface area (Å²) >= 11 is 1.33. The second-order valence-electron chi connectivity index (χ2n) is 7.79. The molecule has 9 nitrogen and oxygen atoms in total. The largest absolute Gasteiger partial charge is 0.490 e. The number of benzene rings is 1. The van der Waals surface area contributed by atoms with Crippen molar-refractivity contribution in [1.29, 1.82) is 5.26 Å². The number of thiazole rings is 1. The van der Waals surface area contributed by atoms with Gasteiger partial charge in [-0.1, -0.05) is 11.3 Å². The molecule has 2 aromatic rings. The highest BCUT2D eigenvalue weighted by atomic mass is 32.2. The zero-order chi connectivity index (χ0) is 22.7. The third-order valence-corrected chi connectivity index (χ3v) is 8.17. The molecule has 11 heteroatoms. The minimum atomic E-state index is -3.69. The second kappa shape index (κ2) is 9.44. The summed E-state index contributed by atoms with van der Waals surface area (Å²) in [6.07, 6.45) is 5.64. The van der Waals surface area contributed by atoms with Gasteiger partial charge in [0.05, 0.1) is 22.8 Å². The van der Waals surface area contributed by atoms with Crippen LogP contribution >= 0.6 is 11.3 Å². The van der Waals surface area contributed by atoms with Crippen molar-refractivity contribution < 1.29 is 17.9 Å². The maximum Gasteiger partial charge on any atom is 0.257 e. The van der Waals surface area contributed by atoms with E-state index in [-0.39, 0.29) is 22.5 Å². The Morgan fingerprint density at radius 3 is 2.59 bits per heavy atom. The van der Waals surface area contributed by atoms with Crippen LogP contribution in [0.15, 0.2) is 29.3 Å². The Hall–Kier alpha value is -2.68. The number of nitrogens with one attached hydrogen (secondary N) is 1. The third kappa shape index (κ3) is 4.72. The van der Waals surface area contributed by atoms with Crippen LogP contribution in [0.25, 0.3) is 0 Å². The fourth-order valence-electron chi connectivity index (χ4n) is 3.98. The summed E-state index contributed by atoms with van der Waals surface area (Å²) in [5.41, 5.74) is 0.266. The van der Waals surface area contributed by atoms with E-state index in [1.165, 1.54) is 30.5 Å². The van der Waals surface area contributed by atoms with Crippen LogP contribution in [0, 0.1) is 11.3 Å². The monoisotopic (exact) mass is 475 g/mol. The highest BCUT2D eigenvalue weighted by Crippen LogP contribution is 2.30. The molecule has 1 saturated heterocycles. The molecule has 170 valence electrons. The number of hydrogen-bond donors (Lipinski definition) is 1. The van der Waals surface area contributed by atoms with Crippen LogP contribution in [0.4, 0.5) is 5.13 Å². The molecule has 1 saturated carbocycles. The highest BCUT2D eigenvalue weighted by Gasteiger charge is 2.28. The number of rotatable bonds is 6. The molecule has 2 heterocycles. The smallest absolute Gasteiger partial charge is 0.257 e. The van der Waals surface area contributed by atoms with Gasteiger partial charge in [-0.05, 0) is 50.9 Å². The number of ether oxygens (including phenoxy) is 1. The lowest BCUT2D eigenvalue weighted by Crippen LogP contribution is -2.48. The van der Waals surface area contributed by atoms with Crippen molar-refractivity contribution in [1.82, 2.24) is 14.6 Å². The highest BCUT2D eigenvalue weighted by molar-refractivity contribution is 7.89. The molecule has 0 radical (unpaired) electrons. The Bertz CT molecular complexity index is 1130. The van der Waals surface area contributed by atoms with Gasteiger partial charge in [0.25, 0.3) is 5.91 Å². The van der Waals surface area contributed by atoms with Crippen molar-refractivity contribution in [2.24, 2.45) is 0 Å². The molecule has 0 spiro atoms. The van der Waals surface area contributed by atoms with Gasteiger partial charge in [-0.2, -0.15) is 5.26 Å². The van der Waals surface area contributed by atoms with Gasteiger partial charge in [0.15, 0.2) is 5.13 Å². The molecule has 4 rings (SSSR count). The fraction of sp³-hybridized carbons (Fsp3) is 0.476. The molecule has 0 unspecified atom stereocenters. The molecule has 2 fully saturated rings. The summed E-state index contributed by atoms with van der Waals surface area (Å²) in [5, 5.41) is 9.77. The van der Waals surface area contributed by atoms with Crippen LogP contribution in [-0.2, 0) is 10.0 Å². The predicted octanol–water partition coefficient (Wildman–Crippen LogP) is 2.21. The van der Waals surface area contributed by atoms with E-state index in [0.29, 0.717) is 36.8 Å². The fourth-order valence-corrected chi connectivity index (χ4v) is 5.50. The maximum atomic E-state index is 13.4. The van der Waals surface area contributed by atoms with Gasteiger partial charge >= 0.3 is 0 Å². The van der Waals surface area contributed by atoms with Gasteiger partial charge in [0.2, 0.25) is 10.0 Å². The van der Waals surface area contributed by atoms with Gasteiger partial charge in [-0.3, -0.25) is 4.79 Å². The summed E-state index contributed by atoms with van der Waals surface area (Å²) < 4.78 is 33.1. The van der Waals surface area contributed by atoms with Crippen LogP contribution in [0.3, 0.4) is 0 Å². The van der Waals surface area contributed by atoms with Crippen molar-refractivity contribution in [3.63, 3.8) is 0 Å². The standard InChI is InChI=1S/C21H25N5O4S2/c1-23-32(28,29)17-6-7-19(30-15-4-2-3-5-15)18(12-17)20(27)25-8-10-26(11-9-25)21-24-14-16(13-22)31-21/h6-7,12,14-15,23H,2-5,8-11H2,1H3. The van der Waals surface area contributed by atoms with Crippen LogP contribution in [-0.4, -0.2) is 63.5 Å². The van der Waals surface area contributed by atoms with Crippen LogP contribution in [0.1, 0.15) is 40.9 Å². The van der Waals surface area contributed by atoms with E-state index in [9.17, 15) is 13.2 Å². The van der Waals surface area contributed by atoms with E-state index in [2.05, 4.69) is 15.8 Å². The number of amides is 1. The number of sulfonamides is 1. The normalized spacial score (nSPS) is 17.4. The maximum absolute atomic E-state index is 13.4. The number of hydrogen-bond acceptors (Lipinski definition) is 8. The first-order valence-corrected chi connectivity index (χ1v) is 12.9. The van der Waals surface area contributed by atoms with E-state index >= 15 is 0 Å². The van der Waals surface area contributed by atoms with E-state index in [1.54, 1.807) is 17.2 Å². The molecule has 1 aromatic carbocycles. The number of carbonyl (C=O) groups is 1. The second-order valence-corrected chi connectivity index (χ2v) is 10.7. The van der Waals surface area contributed by atoms with Crippen LogP contribution in [0.2, 0.25) is 0 Å². The van der Waals surface area contributed by atoms with Gasteiger partial charge in [0.1, 0.15) is 16.7 Å². The molecule has 1 aromatic heterocycles. The number of nitrogens with zero attached hydrogens (tertiary/aromatic N) is 4. The summed E-state index contributed by atoms with van der Waals surface area (Å²) in [6.45, 7) is 2.09. The van der Waals surface area contributed by atoms with E-state index in [1.807, 2.05) is 4.90 Å². The summed E-state index contributed by atoms with van der Waals surface area (Å²) in [5.74, 6) is 0.181. The van der Waals surface area contributed by atoms with Gasteiger partial charge in [-0.25, -0.2) is 18.1 Å². The zero-order valence-corrected chi connectivity index (χ0v) is 19.4. The number of aromatic nitrogens is 1. The van der Waals surface area contributed by atoms with Crippen molar-refractivity contribution >= 4 is 32.4 Å². The lowest BCUT2D eigenvalue weighted by molar-refractivity contribution is 0.0739. The van der Waals surface area contributed by atoms with Gasteiger partial charge < -0.3 is 14.5 Å². The first-order valence-electron chi connectivity index (χ1n) is 10.6. The molecule has 32 heavy (non-hydrogen) atoms. The van der Waals surface area contributed by atoms with Gasteiger partial charge in [0, 0.05) is 26.2 Å². The topological polar surface area (TPSA) is 116 Å². The summed E-state index contributed by atoms with van der Waals surface area (Å²) in [7, 11) is -2.35. The number of anilines is 1. The summed E-state index contributed by atoms with van der Waals surface area (Å²) in [6, 6.07) is 6.56. The predicted molar refractivity (Wildman–Crippen MR) is 121 cm³/mol. The Balaban J connectivity index is 1.54. The third-order valence-electron chi connectivity index (χ3n) is 5.80. The molecule has 1 aliphatic carbocycles. The minimum Gasteiger partial charge on any atom is -0.490 e. The molecular weight excluding hydrogens is 450 g/mol. The number of carbonyl (C=O) groups excluding carboxylic acids is 1. The summed E-state index contributed by atoms with van der Waals surface area (Å²) in [4.78, 5) is 22.0. The molecule has 1 N–H and O–H groups in total. The molecule has 2 aliphatic rings. The quantitative estimate of drug-likeness (QED) is 0.681. The molecule has 0 atom stereocenters.